The molecule has 0 bridgehead atoms. The van der Waals surface area contributed by atoms with Crippen molar-refractivity contribution in [3.63, 3.8) is 0 Å². The molecule has 3 aromatic heterocycles. The highest BCUT2D eigenvalue weighted by Crippen LogP contribution is 2.20. The van der Waals surface area contributed by atoms with E-state index in [2.05, 4.69) is 48.6 Å². The van der Waals surface area contributed by atoms with Crippen LogP contribution >= 0.6 is 11.3 Å². The molecule has 1 atom stereocenters. The lowest BCUT2D eigenvalue weighted by atomic mass is 10.1. The summed E-state index contributed by atoms with van der Waals surface area (Å²) in [5, 5.41) is 10.1. The molecular weight excluding hydrogens is 318 g/mol. The molecule has 0 aliphatic carbocycles. The molecule has 1 N–H and O–H groups in total. The molecule has 1 aliphatic heterocycles. The number of anilines is 1. The van der Waals surface area contributed by atoms with Crippen molar-refractivity contribution in [3.8, 4) is 0 Å². The fourth-order valence-electron chi connectivity index (χ4n) is 3.21. The summed E-state index contributed by atoms with van der Waals surface area (Å²) in [6.45, 7) is 4.86. The smallest absolute Gasteiger partial charge is 0.125 e. The minimum atomic E-state index is 0.494. The molecule has 124 valence electrons. The van der Waals surface area contributed by atoms with Crippen LogP contribution in [0.2, 0.25) is 0 Å². The van der Waals surface area contributed by atoms with Crippen LogP contribution in [0, 0.1) is 5.92 Å². The molecule has 1 aliphatic rings. The molecule has 0 fully saturated rings. The summed E-state index contributed by atoms with van der Waals surface area (Å²) in [4.78, 5) is 8.30. The summed E-state index contributed by atoms with van der Waals surface area (Å²) < 4.78 is 2.15. The Balaban J connectivity index is 1.46. The number of hydrogen-bond acceptors (Lipinski definition) is 5. The Morgan fingerprint density at radius 1 is 1.12 bits per heavy atom. The van der Waals surface area contributed by atoms with Crippen molar-refractivity contribution in [1.29, 1.82) is 0 Å². The molecule has 5 nitrogen and oxygen atoms in total. The van der Waals surface area contributed by atoms with E-state index in [0.29, 0.717) is 5.92 Å². The van der Waals surface area contributed by atoms with Crippen LogP contribution in [0.5, 0.6) is 0 Å². The average molecular weight is 339 g/mol. The van der Waals surface area contributed by atoms with E-state index >= 15 is 0 Å². The van der Waals surface area contributed by atoms with Gasteiger partial charge in [-0.3, -0.25) is 9.58 Å². The SMILES string of the molecule is c1ccc(NCC2CN(Cc3cccs3)Cc3ccnn3C2)nc1. The molecule has 4 rings (SSSR count). The third kappa shape index (κ3) is 3.66. The molecule has 0 spiro atoms. The molecular formula is C18H21N5S. The summed E-state index contributed by atoms with van der Waals surface area (Å²) >= 11 is 1.83. The zero-order chi connectivity index (χ0) is 16.2. The molecule has 4 heterocycles. The molecule has 24 heavy (non-hydrogen) atoms. The largest absolute Gasteiger partial charge is 0.370 e. The van der Waals surface area contributed by atoms with Gasteiger partial charge in [0.1, 0.15) is 5.82 Å². The minimum Gasteiger partial charge on any atom is -0.370 e. The van der Waals surface area contributed by atoms with Gasteiger partial charge in [-0.05, 0) is 29.6 Å². The Hall–Kier alpha value is -2.18. The monoisotopic (exact) mass is 339 g/mol. The summed E-state index contributed by atoms with van der Waals surface area (Å²) in [6, 6.07) is 12.4. The van der Waals surface area contributed by atoms with Crippen molar-refractivity contribution in [2.45, 2.75) is 19.6 Å². The van der Waals surface area contributed by atoms with Crippen molar-refractivity contribution in [2.24, 2.45) is 5.92 Å². The van der Waals surface area contributed by atoms with Gasteiger partial charge in [0, 0.05) is 55.9 Å². The molecule has 3 aromatic rings. The minimum absolute atomic E-state index is 0.494. The van der Waals surface area contributed by atoms with Gasteiger partial charge in [-0.25, -0.2) is 4.98 Å². The maximum atomic E-state index is 4.50. The lowest BCUT2D eigenvalue weighted by molar-refractivity contribution is 0.227. The average Bonchev–Trinajstić information content (AvgIpc) is 3.23. The first-order valence-corrected chi connectivity index (χ1v) is 9.15. The Morgan fingerprint density at radius 3 is 2.96 bits per heavy atom. The van der Waals surface area contributed by atoms with E-state index in [0.717, 1.165) is 38.5 Å². The summed E-state index contributed by atoms with van der Waals surface area (Å²) in [6.07, 6.45) is 3.73. The first-order valence-electron chi connectivity index (χ1n) is 8.27. The summed E-state index contributed by atoms with van der Waals surface area (Å²) in [5.74, 6) is 1.43. The normalized spacial score (nSPS) is 18.1. The Bertz CT molecular complexity index is 753. The van der Waals surface area contributed by atoms with Crippen LogP contribution in [0.15, 0.2) is 54.2 Å². The molecule has 0 radical (unpaired) electrons. The molecule has 0 amide bonds. The van der Waals surface area contributed by atoms with Crippen molar-refractivity contribution in [1.82, 2.24) is 19.7 Å². The van der Waals surface area contributed by atoms with Crippen LogP contribution < -0.4 is 5.32 Å². The van der Waals surface area contributed by atoms with Gasteiger partial charge in [-0.2, -0.15) is 5.10 Å². The number of nitrogens with one attached hydrogen (secondary N) is 1. The fourth-order valence-corrected chi connectivity index (χ4v) is 3.95. The van der Waals surface area contributed by atoms with E-state index in [1.165, 1.54) is 10.6 Å². The number of nitrogens with zero attached hydrogens (tertiary/aromatic N) is 4. The third-order valence-electron chi connectivity index (χ3n) is 4.33. The predicted octanol–water partition coefficient (Wildman–Crippen LogP) is 3.08. The van der Waals surface area contributed by atoms with Crippen LogP contribution in [0.4, 0.5) is 5.82 Å². The fraction of sp³-hybridized carbons (Fsp3) is 0.333. The number of thiophene rings is 1. The van der Waals surface area contributed by atoms with E-state index < -0.39 is 0 Å². The van der Waals surface area contributed by atoms with E-state index in [4.69, 9.17) is 0 Å². The number of rotatable bonds is 5. The van der Waals surface area contributed by atoms with Gasteiger partial charge in [0.05, 0.1) is 5.69 Å². The lowest BCUT2D eigenvalue weighted by Gasteiger charge is -2.23. The second-order valence-electron chi connectivity index (χ2n) is 6.22. The second kappa shape index (κ2) is 7.15. The van der Waals surface area contributed by atoms with Gasteiger partial charge in [-0.1, -0.05) is 12.1 Å². The Labute approximate surface area is 146 Å². The van der Waals surface area contributed by atoms with Crippen LogP contribution in [0.1, 0.15) is 10.6 Å². The van der Waals surface area contributed by atoms with Crippen LogP contribution in [0.3, 0.4) is 0 Å². The Kier molecular flexibility index (Phi) is 4.57. The maximum absolute atomic E-state index is 4.50. The highest BCUT2D eigenvalue weighted by molar-refractivity contribution is 7.09. The number of aromatic nitrogens is 3. The Morgan fingerprint density at radius 2 is 2.12 bits per heavy atom. The zero-order valence-corrected chi connectivity index (χ0v) is 14.3. The van der Waals surface area contributed by atoms with Crippen molar-refractivity contribution >= 4 is 17.2 Å². The molecule has 1 unspecified atom stereocenters. The van der Waals surface area contributed by atoms with Crippen molar-refractivity contribution < 1.29 is 0 Å². The van der Waals surface area contributed by atoms with E-state index in [1.807, 2.05) is 41.9 Å². The van der Waals surface area contributed by atoms with E-state index in [-0.39, 0.29) is 0 Å². The van der Waals surface area contributed by atoms with Crippen LogP contribution in [0.25, 0.3) is 0 Å². The molecule has 0 saturated heterocycles. The standard InChI is InChI=1S/C18H21N5S/c1-2-7-19-18(5-1)20-10-15-11-22(14-17-4-3-9-24-17)13-16-6-8-21-23(16)12-15/h1-9,15H,10-14H2,(H,19,20). The van der Waals surface area contributed by atoms with Gasteiger partial charge in [0.15, 0.2) is 0 Å². The summed E-state index contributed by atoms with van der Waals surface area (Å²) in [5.41, 5.74) is 1.30. The number of fused-ring (bicyclic) bond motifs is 1. The predicted molar refractivity (Wildman–Crippen MR) is 96.9 cm³/mol. The first-order chi connectivity index (χ1) is 11.9. The first kappa shape index (κ1) is 15.4. The topological polar surface area (TPSA) is 46.0 Å². The molecule has 6 heteroatoms. The van der Waals surface area contributed by atoms with Gasteiger partial charge < -0.3 is 5.32 Å². The van der Waals surface area contributed by atoms with Gasteiger partial charge in [0.25, 0.3) is 0 Å². The van der Waals surface area contributed by atoms with Gasteiger partial charge in [0.2, 0.25) is 0 Å². The highest BCUT2D eigenvalue weighted by atomic mass is 32.1. The molecule has 0 saturated carbocycles. The second-order valence-corrected chi connectivity index (χ2v) is 7.25. The highest BCUT2D eigenvalue weighted by Gasteiger charge is 2.22. The number of pyridine rings is 1. The van der Waals surface area contributed by atoms with Crippen molar-refractivity contribution in [3.05, 3.63) is 64.7 Å². The van der Waals surface area contributed by atoms with Gasteiger partial charge >= 0.3 is 0 Å². The maximum Gasteiger partial charge on any atom is 0.125 e. The molecule has 0 aromatic carbocycles. The van der Waals surface area contributed by atoms with Crippen molar-refractivity contribution in [2.75, 3.05) is 18.4 Å². The summed E-state index contributed by atoms with van der Waals surface area (Å²) in [7, 11) is 0. The van der Waals surface area contributed by atoms with Crippen LogP contribution in [-0.2, 0) is 19.6 Å². The quantitative estimate of drug-likeness (QED) is 0.776. The van der Waals surface area contributed by atoms with Crippen LogP contribution in [-0.4, -0.2) is 32.8 Å². The zero-order valence-electron chi connectivity index (χ0n) is 13.5. The van der Waals surface area contributed by atoms with E-state index in [9.17, 15) is 0 Å². The van der Waals surface area contributed by atoms with Gasteiger partial charge in [-0.15, -0.1) is 11.3 Å². The third-order valence-corrected chi connectivity index (χ3v) is 5.20. The number of hydrogen-bond donors (Lipinski definition) is 1. The van der Waals surface area contributed by atoms with E-state index in [1.54, 1.807) is 0 Å². The lowest BCUT2D eigenvalue weighted by Crippen LogP contribution is -2.31.